The molecular formula is C25H32IN5O6. The summed E-state index contributed by atoms with van der Waals surface area (Å²) in [6.45, 7) is 3.98. The normalized spacial score (nSPS) is 11.5. The SMILES string of the molecule is CCn1c(=O)n(CI)c(=O)c2c1nc(/C=C/c1ccc(OCC(=O)N(CCOC)CCOC)cc1)n2C. The quantitative estimate of drug-likeness (QED) is 0.211. The van der Waals surface area contributed by atoms with Crippen LogP contribution in [0.2, 0.25) is 0 Å². The first kappa shape index (κ1) is 28.6. The van der Waals surface area contributed by atoms with Crippen molar-refractivity contribution < 1.29 is 19.0 Å². The number of aryl methyl sites for hydroxylation is 2. The summed E-state index contributed by atoms with van der Waals surface area (Å²) >= 11 is 2.00. The first-order chi connectivity index (χ1) is 17.9. The number of ether oxygens (including phenoxy) is 3. The number of fused-ring (bicyclic) bond motifs is 1. The fraction of sp³-hybridized carbons (Fsp3) is 0.440. The molecule has 1 aromatic carbocycles. The Kier molecular flexibility index (Phi) is 10.5. The molecule has 2 heterocycles. The maximum absolute atomic E-state index is 12.9. The van der Waals surface area contributed by atoms with E-state index in [1.807, 2.05) is 47.7 Å². The average molecular weight is 625 g/mol. The zero-order valence-electron chi connectivity index (χ0n) is 21.5. The number of hydrogen-bond acceptors (Lipinski definition) is 7. The van der Waals surface area contributed by atoms with E-state index in [-0.39, 0.29) is 28.3 Å². The van der Waals surface area contributed by atoms with Crippen LogP contribution in [0, 0.1) is 0 Å². The molecule has 0 N–H and O–H groups in total. The molecule has 37 heavy (non-hydrogen) atoms. The van der Waals surface area contributed by atoms with Crippen LogP contribution in [-0.4, -0.2) is 76.6 Å². The maximum Gasteiger partial charge on any atom is 0.333 e. The van der Waals surface area contributed by atoms with Gasteiger partial charge in [0, 0.05) is 40.9 Å². The molecule has 0 spiro atoms. The van der Waals surface area contributed by atoms with Crippen LogP contribution in [0.3, 0.4) is 0 Å². The van der Waals surface area contributed by atoms with Gasteiger partial charge in [0.25, 0.3) is 11.5 Å². The number of amides is 1. The molecule has 0 saturated heterocycles. The predicted molar refractivity (Wildman–Crippen MR) is 150 cm³/mol. The Morgan fingerprint density at radius 3 is 2.27 bits per heavy atom. The number of rotatable bonds is 13. The molecule has 0 aliphatic rings. The van der Waals surface area contributed by atoms with Gasteiger partial charge in [-0.25, -0.2) is 14.3 Å². The summed E-state index contributed by atoms with van der Waals surface area (Å²) < 4.78 is 20.5. The standard InChI is InChI=1S/C25H32IN5O6/c1-5-30-23-22(24(33)31(17-26)25(30)34)28(2)20(27-23)11-8-18-6-9-19(10-7-18)37-16-21(32)29(12-14-35-3)13-15-36-4/h6-11H,5,12-17H2,1-4H3/b11-8+. The molecule has 0 unspecified atom stereocenters. The lowest BCUT2D eigenvalue weighted by atomic mass is 10.2. The number of halogens is 1. The summed E-state index contributed by atoms with van der Waals surface area (Å²) in [5, 5.41) is 0. The average Bonchev–Trinajstić information content (AvgIpc) is 3.23. The van der Waals surface area contributed by atoms with E-state index in [4.69, 9.17) is 14.2 Å². The van der Waals surface area contributed by atoms with Crippen molar-refractivity contribution in [3.05, 3.63) is 56.5 Å². The zero-order valence-corrected chi connectivity index (χ0v) is 23.6. The minimum atomic E-state index is -0.363. The zero-order chi connectivity index (χ0) is 26.9. The lowest BCUT2D eigenvalue weighted by Crippen LogP contribution is -2.39. The van der Waals surface area contributed by atoms with Crippen LogP contribution in [0.1, 0.15) is 18.3 Å². The van der Waals surface area contributed by atoms with Gasteiger partial charge in [-0.1, -0.05) is 40.8 Å². The van der Waals surface area contributed by atoms with Gasteiger partial charge in [-0.3, -0.25) is 14.2 Å². The molecule has 11 nitrogen and oxygen atoms in total. The Labute approximate surface area is 228 Å². The predicted octanol–water partition coefficient (Wildman–Crippen LogP) is 1.98. The Hall–Kier alpha value is -2.97. The van der Waals surface area contributed by atoms with Gasteiger partial charge in [0.2, 0.25) is 0 Å². The summed E-state index contributed by atoms with van der Waals surface area (Å²) in [4.78, 5) is 44.2. The Morgan fingerprint density at radius 1 is 1.05 bits per heavy atom. The highest BCUT2D eigenvalue weighted by molar-refractivity contribution is 14.1. The van der Waals surface area contributed by atoms with Crippen LogP contribution < -0.4 is 16.0 Å². The van der Waals surface area contributed by atoms with E-state index in [1.54, 1.807) is 48.9 Å². The van der Waals surface area contributed by atoms with Crippen molar-refractivity contribution >= 4 is 51.8 Å². The number of imidazole rings is 1. The second-order valence-corrected chi connectivity index (χ2v) is 8.82. The fourth-order valence-electron chi connectivity index (χ4n) is 3.77. The maximum atomic E-state index is 12.9. The molecule has 0 fully saturated rings. The van der Waals surface area contributed by atoms with E-state index in [1.165, 1.54) is 9.13 Å². The Balaban J connectivity index is 1.73. The number of hydrogen-bond donors (Lipinski definition) is 0. The Bertz CT molecular complexity index is 1350. The van der Waals surface area contributed by atoms with Crippen LogP contribution in [0.15, 0.2) is 33.9 Å². The highest BCUT2D eigenvalue weighted by Crippen LogP contribution is 2.16. The van der Waals surface area contributed by atoms with Gasteiger partial charge < -0.3 is 23.7 Å². The van der Waals surface area contributed by atoms with Crippen LogP contribution in [-0.2, 0) is 32.4 Å². The molecule has 1 amide bonds. The molecule has 0 radical (unpaired) electrons. The van der Waals surface area contributed by atoms with E-state index in [9.17, 15) is 14.4 Å². The first-order valence-electron chi connectivity index (χ1n) is 11.8. The van der Waals surface area contributed by atoms with E-state index in [0.29, 0.717) is 55.6 Å². The summed E-state index contributed by atoms with van der Waals surface area (Å²) in [6, 6.07) is 7.28. The van der Waals surface area contributed by atoms with E-state index in [2.05, 4.69) is 4.98 Å². The molecule has 0 atom stereocenters. The summed E-state index contributed by atoms with van der Waals surface area (Å²) in [5.74, 6) is 0.975. The largest absolute Gasteiger partial charge is 0.484 e. The number of alkyl halides is 1. The van der Waals surface area contributed by atoms with Gasteiger partial charge in [0.1, 0.15) is 11.6 Å². The molecule has 0 bridgehead atoms. The van der Waals surface area contributed by atoms with Crippen molar-refractivity contribution in [2.45, 2.75) is 18.0 Å². The number of carbonyl (C=O) groups excluding carboxylic acids is 1. The number of aromatic nitrogens is 4. The topological polar surface area (TPSA) is 110 Å². The fourth-order valence-corrected chi connectivity index (χ4v) is 4.37. The van der Waals surface area contributed by atoms with Crippen molar-refractivity contribution in [3.63, 3.8) is 0 Å². The highest BCUT2D eigenvalue weighted by atomic mass is 127. The highest BCUT2D eigenvalue weighted by Gasteiger charge is 2.18. The molecule has 3 aromatic rings. The van der Waals surface area contributed by atoms with Crippen molar-refractivity contribution in [2.75, 3.05) is 47.1 Å². The van der Waals surface area contributed by atoms with E-state index >= 15 is 0 Å². The third kappa shape index (κ3) is 6.67. The first-order valence-corrected chi connectivity index (χ1v) is 13.3. The van der Waals surface area contributed by atoms with Crippen LogP contribution in [0.5, 0.6) is 5.75 Å². The van der Waals surface area contributed by atoms with Gasteiger partial charge in [0.05, 0.1) is 17.8 Å². The van der Waals surface area contributed by atoms with Gasteiger partial charge in [-0.15, -0.1) is 0 Å². The molecule has 0 aliphatic heterocycles. The van der Waals surface area contributed by atoms with Crippen molar-refractivity contribution in [1.82, 2.24) is 23.6 Å². The molecule has 200 valence electrons. The molecule has 0 aliphatic carbocycles. The van der Waals surface area contributed by atoms with Crippen molar-refractivity contribution in [1.29, 1.82) is 0 Å². The number of methoxy groups -OCH3 is 2. The second kappa shape index (κ2) is 13.5. The van der Waals surface area contributed by atoms with Gasteiger partial charge >= 0.3 is 5.69 Å². The minimum absolute atomic E-state index is 0.0869. The molecule has 3 rings (SSSR count). The third-order valence-electron chi connectivity index (χ3n) is 5.86. The number of carbonyl (C=O) groups is 1. The van der Waals surface area contributed by atoms with E-state index < -0.39 is 0 Å². The lowest BCUT2D eigenvalue weighted by Gasteiger charge is -2.22. The smallest absolute Gasteiger partial charge is 0.333 e. The van der Waals surface area contributed by atoms with Crippen molar-refractivity contribution in [3.8, 4) is 5.75 Å². The van der Waals surface area contributed by atoms with E-state index in [0.717, 1.165) is 5.56 Å². The summed E-state index contributed by atoms with van der Waals surface area (Å²) in [7, 11) is 4.94. The summed E-state index contributed by atoms with van der Waals surface area (Å²) in [5.41, 5.74) is 0.922. The molecule has 2 aromatic heterocycles. The van der Waals surface area contributed by atoms with Gasteiger partial charge in [-0.05, 0) is 30.7 Å². The Morgan fingerprint density at radius 2 is 1.70 bits per heavy atom. The van der Waals surface area contributed by atoms with Gasteiger partial charge in [0.15, 0.2) is 17.8 Å². The summed E-state index contributed by atoms with van der Waals surface area (Å²) in [6.07, 6.45) is 3.65. The third-order valence-corrected chi connectivity index (χ3v) is 6.55. The molecule has 0 saturated carbocycles. The number of nitrogens with zero attached hydrogens (tertiary/aromatic N) is 5. The minimum Gasteiger partial charge on any atom is -0.484 e. The molecule has 12 heteroatoms. The van der Waals surface area contributed by atoms with Crippen LogP contribution >= 0.6 is 22.6 Å². The van der Waals surface area contributed by atoms with Crippen LogP contribution in [0.25, 0.3) is 23.3 Å². The molecular weight excluding hydrogens is 593 g/mol. The van der Waals surface area contributed by atoms with Crippen molar-refractivity contribution in [2.24, 2.45) is 7.05 Å². The monoisotopic (exact) mass is 625 g/mol. The lowest BCUT2D eigenvalue weighted by molar-refractivity contribution is -0.134. The number of benzene rings is 1. The second-order valence-electron chi connectivity index (χ2n) is 8.14. The van der Waals surface area contributed by atoms with Gasteiger partial charge in [-0.2, -0.15) is 0 Å². The van der Waals surface area contributed by atoms with Crippen LogP contribution in [0.4, 0.5) is 0 Å².